The molecule has 0 fully saturated rings. The van der Waals surface area contributed by atoms with Gasteiger partial charge in [0, 0.05) is 14.5 Å². The lowest BCUT2D eigenvalue weighted by molar-refractivity contribution is 0.0955. The van der Waals surface area contributed by atoms with E-state index in [1.807, 2.05) is 43.3 Å². The zero-order valence-corrected chi connectivity index (χ0v) is 13.9. The summed E-state index contributed by atoms with van der Waals surface area (Å²) in [7, 11) is 0. The van der Waals surface area contributed by atoms with Crippen molar-refractivity contribution in [2.45, 2.75) is 6.92 Å². The summed E-state index contributed by atoms with van der Waals surface area (Å²) in [5, 5.41) is 4.12. The molecule has 2 aromatic rings. The summed E-state index contributed by atoms with van der Waals surface area (Å²) in [6.07, 6.45) is 0. The summed E-state index contributed by atoms with van der Waals surface area (Å²) in [6, 6.07) is 14.9. The summed E-state index contributed by atoms with van der Waals surface area (Å²) >= 11 is 6.74. The van der Waals surface area contributed by atoms with Gasteiger partial charge in [-0.15, -0.1) is 0 Å². The highest BCUT2D eigenvalue weighted by Crippen LogP contribution is 2.13. The van der Waals surface area contributed by atoms with Crippen molar-refractivity contribution in [1.82, 2.24) is 5.43 Å². The summed E-state index contributed by atoms with van der Waals surface area (Å²) in [5.74, 6) is -0.230. The Bertz CT molecular complexity index is 651. The van der Waals surface area contributed by atoms with Crippen LogP contribution in [0.4, 0.5) is 0 Å². The number of hydrazone groups is 1. The first kappa shape index (κ1) is 14.9. The maximum atomic E-state index is 11.9. The van der Waals surface area contributed by atoms with Crippen molar-refractivity contribution in [3.8, 4) is 0 Å². The van der Waals surface area contributed by atoms with Crippen molar-refractivity contribution in [3.63, 3.8) is 0 Å². The summed E-state index contributed by atoms with van der Waals surface area (Å²) < 4.78 is 1.91. The zero-order chi connectivity index (χ0) is 14.5. The topological polar surface area (TPSA) is 41.5 Å². The molecule has 0 atom stereocenters. The average molecular weight is 396 g/mol. The molecule has 20 heavy (non-hydrogen) atoms. The third-order valence-corrected chi connectivity index (χ3v) is 3.70. The van der Waals surface area contributed by atoms with Crippen molar-refractivity contribution in [3.05, 3.63) is 68.6 Å². The Morgan fingerprint density at radius 3 is 2.35 bits per heavy atom. The highest BCUT2D eigenvalue weighted by molar-refractivity contribution is 9.10. The lowest BCUT2D eigenvalue weighted by atomic mass is 10.1. The normalized spacial score (nSPS) is 11.2. The smallest absolute Gasteiger partial charge is 0.267 e. The second-order valence-electron chi connectivity index (χ2n) is 4.16. The van der Waals surface area contributed by atoms with E-state index in [-0.39, 0.29) is 5.91 Å². The third-order valence-electron chi connectivity index (χ3n) is 2.67. The van der Waals surface area contributed by atoms with Crippen LogP contribution in [-0.4, -0.2) is 11.6 Å². The molecule has 102 valence electrons. The van der Waals surface area contributed by atoms with Crippen LogP contribution in [0.3, 0.4) is 0 Å². The maximum absolute atomic E-state index is 11.9. The van der Waals surface area contributed by atoms with Gasteiger partial charge in [-0.05, 0) is 48.9 Å². The molecule has 2 rings (SSSR count). The van der Waals surface area contributed by atoms with Gasteiger partial charge >= 0.3 is 0 Å². The van der Waals surface area contributed by atoms with Crippen LogP contribution < -0.4 is 5.43 Å². The first-order chi connectivity index (χ1) is 9.56. The fraction of sp³-hybridized carbons (Fsp3) is 0.0667. The molecule has 0 saturated carbocycles. The van der Waals surface area contributed by atoms with Crippen LogP contribution in [0.25, 0.3) is 0 Å². The molecule has 0 spiro atoms. The number of halogens is 2. The molecule has 3 nitrogen and oxygen atoms in total. The molecular weight excluding hydrogens is 384 g/mol. The van der Waals surface area contributed by atoms with Crippen molar-refractivity contribution < 1.29 is 4.79 Å². The molecule has 0 bridgehead atoms. The predicted molar refractivity (Wildman–Crippen MR) is 88.0 cm³/mol. The van der Waals surface area contributed by atoms with Crippen molar-refractivity contribution >= 4 is 43.5 Å². The highest BCUT2D eigenvalue weighted by atomic mass is 79.9. The Morgan fingerprint density at radius 1 is 1.00 bits per heavy atom. The van der Waals surface area contributed by atoms with E-state index >= 15 is 0 Å². The summed E-state index contributed by atoms with van der Waals surface area (Å²) in [6.45, 7) is 1.85. The second-order valence-corrected chi connectivity index (χ2v) is 5.99. The predicted octanol–water partition coefficient (Wildman–Crippen LogP) is 4.37. The highest BCUT2D eigenvalue weighted by Gasteiger charge is 2.04. The minimum absolute atomic E-state index is 0.230. The van der Waals surface area contributed by atoms with Gasteiger partial charge in [0.1, 0.15) is 0 Å². The van der Waals surface area contributed by atoms with Gasteiger partial charge in [0.25, 0.3) is 5.91 Å². The fourth-order valence-corrected chi connectivity index (χ4v) is 2.24. The van der Waals surface area contributed by atoms with Gasteiger partial charge in [-0.2, -0.15) is 5.10 Å². The number of rotatable bonds is 3. The Balaban J connectivity index is 2.08. The van der Waals surface area contributed by atoms with Gasteiger partial charge in [-0.1, -0.05) is 44.0 Å². The van der Waals surface area contributed by atoms with Crippen LogP contribution >= 0.6 is 31.9 Å². The van der Waals surface area contributed by atoms with Gasteiger partial charge in [-0.25, -0.2) is 5.43 Å². The quantitative estimate of drug-likeness (QED) is 0.608. The first-order valence-corrected chi connectivity index (χ1v) is 7.51. The number of amides is 1. The van der Waals surface area contributed by atoms with Crippen LogP contribution in [0.15, 0.2) is 62.6 Å². The molecule has 0 aliphatic carbocycles. The van der Waals surface area contributed by atoms with E-state index in [2.05, 4.69) is 42.4 Å². The van der Waals surface area contributed by atoms with Crippen LogP contribution in [0, 0.1) is 0 Å². The van der Waals surface area contributed by atoms with E-state index in [4.69, 9.17) is 0 Å². The number of hydrogen-bond acceptors (Lipinski definition) is 2. The van der Waals surface area contributed by atoms with E-state index in [9.17, 15) is 4.79 Å². The minimum Gasteiger partial charge on any atom is -0.267 e. The number of carbonyl (C=O) groups excluding carboxylic acids is 1. The molecule has 1 N–H and O–H groups in total. The minimum atomic E-state index is -0.230. The second kappa shape index (κ2) is 6.81. The van der Waals surface area contributed by atoms with E-state index in [1.54, 1.807) is 12.1 Å². The van der Waals surface area contributed by atoms with E-state index in [0.717, 1.165) is 20.2 Å². The van der Waals surface area contributed by atoms with Crippen molar-refractivity contribution in [2.24, 2.45) is 5.10 Å². The van der Waals surface area contributed by atoms with Gasteiger partial charge in [-0.3, -0.25) is 4.79 Å². The molecular formula is C15H12Br2N2O. The molecule has 1 amide bonds. The molecule has 0 radical (unpaired) electrons. The number of nitrogens with zero attached hydrogens (tertiary/aromatic N) is 1. The lowest BCUT2D eigenvalue weighted by Gasteiger charge is -2.03. The largest absolute Gasteiger partial charge is 0.271 e. The molecule has 0 heterocycles. The number of hydrogen-bond donors (Lipinski definition) is 1. The van der Waals surface area contributed by atoms with E-state index < -0.39 is 0 Å². The third kappa shape index (κ3) is 4.02. The van der Waals surface area contributed by atoms with Crippen LogP contribution in [0.5, 0.6) is 0 Å². The number of benzene rings is 2. The molecule has 0 aliphatic rings. The summed E-state index contributed by atoms with van der Waals surface area (Å²) in [5.41, 5.74) is 4.82. The Kier molecular flexibility index (Phi) is 5.09. The van der Waals surface area contributed by atoms with Gasteiger partial charge in [0.05, 0.1) is 5.71 Å². The van der Waals surface area contributed by atoms with Gasteiger partial charge < -0.3 is 0 Å². The van der Waals surface area contributed by atoms with E-state index in [0.29, 0.717) is 5.56 Å². The van der Waals surface area contributed by atoms with Crippen LogP contribution in [-0.2, 0) is 0 Å². The summed E-state index contributed by atoms with van der Waals surface area (Å²) in [4.78, 5) is 11.9. The van der Waals surface area contributed by atoms with Crippen LogP contribution in [0.1, 0.15) is 22.8 Å². The molecule has 0 saturated heterocycles. The Labute approximate surface area is 134 Å². The molecule has 0 aliphatic heterocycles. The molecule has 2 aromatic carbocycles. The first-order valence-electron chi connectivity index (χ1n) is 5.92. The van der Waals surface area contributed by atoms with Crippen molar-refractivity contribution in [2.75, 3.05) is 0 Å². The SMILES string of the molecule is C/C(=N/NC(=O)c1ccc(Br)cc1)c1cccc(Br)c1. The van der Waals surface area contributed by atoms with E-state index in [1.165, 1.54) is 0 Å². The Hall–Kier alpha value is -1.46. The number of carbonyl (C=O) groups is 1. The van der Waals surface area contributed by atoms with Crippen LogP contribution in [0.2, 0.25) is 0 Å². The fourth-order valence-electron chi connectivity index (χ4n) is 1.58. The van der Waals surface area contributed by atoms with Gasteiger partial charge in [0.15, 0.2) is 0 Å². The Morgan fingerprint density at radius 2 is 1.70 bits per heavy atom. The molecule has 5 heteroatoms. The molecule has 0 unspecified atom stereocenters. The van der Waals surface area contributed by atoms with Crippen molar-refractivity contribution in [1.29, 1.82) is 0 Å². The monoisotopic (exact) mass is 394 g/mol. The maximum Gasteiger partial charge on any atom is 0.271 e. The zero-order valence-electron chi connectivity index (χ0n) is 10.7. The lowest BCUT2D eigenvalue weighted by Crippen LogP contribution is -2.19. The number of nitrogens with one attached hydrogen (secondary N) is 1. The van der Waals surface area contributed by atoms with Gasteiger partial charge in [0.2, 0.25) is 0 Å². The standard InChI is InChI=1S/C15H12Br2N2O/c1-10(12-3-2-4-14(17)9-12)18-19-15(20)11-5-7-13(16)8-6-11/h2-9H,1H3,(H,19,20)/b18-10-. The average Bonchev–Trinajstić information content (AvgIpc) is 2.45. The molecule has 0 aromatic heterocycles.